The maximum Gasteiger partial charge on any atom is 0.255 e. The fourth-order valence-electron chi connectivity index (χ4n) is 4.05. The van der Waals surface area contributed by atoms with Crippen molar-refractivity contribution >= 4 is 28.7 Å². The zero-order valence-electron chi connectivity index (χ0n) is 23.3. The molecular formula is C32H32FN5O3. The number of nitriles is 1. The normalized spacial score (nSPS) is 10.3. The number of carbonyl (C=O) groups excluding carboxylic acids is 1. The van der Waals surface area contributed by atoms with E-state index in [2.05, 4.69) is 17.1 Å². The summed E-state index contributed by atoms with van der Waals surface area (Å²) in [6.07, 6.45) is 3.45. The molecule has 210 valence electrons. The number of ether oxygens (including phenoxy) is 2. The minimum absolute atomic E-state index is 0.0896. The molecule has 4 rings (SSSR count). The lowest BCUT2D eigenvalue weighted by Gasteiger charge is -2.23. The van der Waals surface area contributed by atoms with Gasteiger partial charge >= 0.3 is 0 Å². The number of anilines is 4. The van der Waals surface area contributed by atoms with Crippen molar-refractivity contribution < 1.29 is 18.7 Å². The first kappa shape index (κ1) is 30.2. The average molecular weight is 554 g/mol. The third-order valence-electron chi connectivity index (χ3n) is 6.06. The standard InChI is InChI=1S/C31H27FN4O3.CH5N/c1-4-15-36(24-12-5-20(19-33)6-13-24)28-18-27(26(34)17-25(28)32)35-31(37)22-9-7-21(8-10-22)23-11-14-29(38-2)30(16-23)39-3;1-2/h4-18H,34H2,1-3H3,(H,35,37);2H2,1H3/b15-4-;. The Morgan fingerprint density at radius 1 is 0.927 bits per heavy atom. The number of nitrogens with two attached hydrogens (primary N) is 2. The van der Waals surface area contributed by atoms with Gasteiger partial charge in [-0.3, -0.25) is 4.79 Å². The molecule has 0 heterocycles. The van der Waals surface area contributed by atoms with Crippen LogP contribution in [0.3, 0.4) is 0 Å². The Balaban J connectivity index is 0.00000226. The molecule has 41 heavy (non-hydrogen) atoms. The van der Waals surface area contributed by atoms with Crippen molar-refractivity contribution in [1.82, 2.24) is 0 Å². The van der Waals surface area contributed by atoms with Crippen LogP contribution in [0.2, 0.25) is 0 Å². The van der Waals surface area contributed by atoms with Gasteiger partial charge in [-0.25, -0.2) is 4.39 Å². The van der Waals surface area contributed by atoms with Crippen LogP contribution in [0.25, 0.3) is 11.1 Å². The predicted molar refractivity (Wildman–Crippen MR) is 162 cm³/mol. The summed E-state index contributed by atoms with van der Waals surface area (Å²) in [6.45, 7) is 1.81. The van der Waals surface area contributed by atoms with Crippen molar-refractivity contribution in [2.24, 2.45) is 5.73 Å². The van der Waals surface area contributed by atoms with Crippen molar-refractivity contribution in [3.05, 3.63) is 108 Å². The lowest BCUT2D eigenvalue weighted by Crippen LogP contribution is -2.15. The Morgan fingerprint density at radius 2 is 1.56 bits per heavy atom. The Labute approximate surface area is 239 Å². The molecule has 0 bridgehead atoms. The lowest BCUT2D eigenvalue weighted by molar-refractivity contribution is 0.102. The summed E-state index contributed by atoms with van der Waals surface area (Å²) < 4.78 is 25.7. The highest BCUT2D eigenvalue weighted by Gasteiger charge is 2.17. The van der Waals surface area contributed by atoms with E-state index in [0.29, 0.717) is 28.3 Å². The number of allylic oxidation sites excluding steroid dienone is 1. The number of nitrogens with zero attached hydrogens (tertiary/aromatic N) is 2. The summed E-state index contributed by atoms with van der Waals surface area (Å²) in [4.78, 5) is 14.7. The molecule has 0 saturated carbocycles. The van der Waals surface area contributed by atoms with Crippen LogP contribution in [0.4, 0.5) is 27.1 Å². The monoisotopic (exact) mass is 553 g/mol. The Kier molecular flexibility index (Phi) is 10.4. The van der Waals surface area contributed by atoms with Gasteiger partial charge in [-0.15, -0.1) is 0 Å². The summed E-state index contributed by atoms with van der Waals surface area (Å²) in [5.41, 5.74) is 14.4. The SMILES string of the molecule is C/C=C\N(c1ccc(C#N)cc1)c1cc(NC(=O)c2ccc(-c3ccc(OC)c(OC)c3)cc2)c(N)cc1F.CN. The number of amides is 1. The first-order chi connectivity index (χ1) is 19.9. The van der Waals surface area contributed by atoms with Crippen LogP contribution in [0, 0.1) is 17.1 Å². The van der Waals surface area contributed by atoms with Crippen molar-refractivity contribution in [3.63, 3.8) is 0 Å². The number of hydrogen-bond acceptors (Lipinski definition) is 7. The van der Waals surface area contributed by atoms with Crippen molar-refractivity contribution in [2.75, 3.05) is 37.2 Å². The van der Waals surface area contributed by atoms with E-state index in [4.69, 9.17) is 20.5 Å². The quantitative estimate of drug-likeness (QED) is 0.214. The zero-order valence-corrected chi connectivity index (χ0v) is 23.3. The van der Waals surface area contributed by atoms with E-state index in [1.807, 2.05) is 30.3 Å². The first-order valence-corrected chi connectivity index (χ1v) is 12.6. The summed E-state index contributed by atoms with van der Waals surface area (Å²) in [7, 11) is 4.65. The van der Waals surface area contributed by atoms with Crippen LogP contribution >= 0.6 is 0 Å². The van der Waals surface area contributed by atoms with E-state index in [-0.39, 0.29) is 17.1 Å². The fourth-order valence-corrected chi connectivity index (χ4v) is 4.05. The molecule has 0 atom stereocenters. The summed E-state index contributed by atoms with van der Waals surface area (Å²) in [5.74, 6) is 0.273. The number of methoxy groups -OCH3 is 2. The molecule has 0 saturated heterocycles. The number of carbonyl (C=O) groups is 1. The second-order valence-corrected chi connectivity index (χ2v) is 8.50. The third-order valence-corrected chi connectivity index (χ3v) is 6.06. The van der Waals surface area contributed by atoms with Crippen LogP contribution in [0.15, 0.2) is 91.1 Å². The van der Waals surface area contributed by atoms with Crippen LogP contribution in [0.5, 0.6) is 11.5 Å². The van der Waals surface area contributed by atoms with Gasteiger partial charge in [0.05, 0.1) is 42.9 Å². The van der Waals surface area contributed by atoms with Gasteiger partial charge < -0.3 is 31.2 Å². The van der Waals surface area contributed by atoms with Gasteiger partial charge in [0.15, 0.2) is 11.5 Å². The number of nitrogen functional groups attached to an aromatic ring is 1. The predicted octanol–water partition coefficient (Wildman–Crippen LogP) is 6.46. The topological polar surface area (TPSA) is 127 Å². The van der Waals surface area contributed by atoms with Crippen LogP contribution in [-0.4, -0.2) is 27.2 Å². The van der Waals surface area contributed by atoms with Crippen molar-refractivity contribution in [3.8, 4) is 28.7 Å². The van der Waals surface area contributed by atoms with Gasteiger partial charge in [0.1, 0.15) is 5.82 Å². The third kappa shape index (κ3) is 7.01. The minimum atomic E-state index is -0.563. The first-order valence-electron chi connectivity index (χ1n) is 12.6. The highest BCUT2D eigenvalue weighted by atomic mass is 19.1. The maximum absolute atomic E-state index is 15.1. The molecule has 5 N–H and O–H groups in total. The number of nitrogens with one attached hydrogen (secondary N) is 1. The van der Waals surface area contributed by atoms with Gasteiger partial charge in [0.2, 0.25) is 0 Å². The number of hydrogen-bond donors (Lipinski definition) is 3. The second kappa shape index (κ2) is 14.2. The lowest BCUT2D eigenvalue weighted by atomic mass is 10.0. The van der Waals surface area contributed by atoms with E-state index in [1.54, 1.807) is 74.7 Å². The van der Waals surface area contributed by atoms with E-state index >= 15 is 4.39 Å². The number of rotatable bonds is 8. The zero-order chi connectivity index (χ0) is 29.9. The molecule has 0 aliphatic rings. The van der Waals surface area contributed by atoms with E-state index in [9.17, 15) is 4.79 Å². The molecule has 0 aliphatic heterocycles. The summed E-state index contributed by atoms with van der Waals surface area (Å²) in [6, 6.07) is 24.1. The smallest absolute Gasteiger partial charge is 0.255 e. The Hall–Kier alpha value is -5.33. The highest BCUT2D eigenvalue weighted by molar-refractivity contribution is 6.06. The van der Waals surface area contributed by atoms with Crippen molar-refractivity contribution in [2.45, 2.75) is 6.92 Å². The summed E-state index contributed by atoms with van der Waals surface area (Å²) in [5, 5.41) is 11.9. The average Bonchev–Trinajstić information content (AvgIpc) is 3.02. The van der Waals surface area contributed by atoms with Gasteiger partial charge in [-0.1, -0.05) is 24.3 Å². The van der Waals surface area contributed by atoms with Crippen molar-refractivity contribution in [1.29, 1.82) is 5.26 Å². The maximum atomic E-state index is 15.1. The second-order valence-electron chi connectivity index (χ2n) is 8.50. The fraction of sp³-hybridized carbons (Fsp3) is 0.125. The molecule has 0 aliphatic carbocycles. The van der Waals surface area contributed by atoms with Crippen LogP contribution < -0.4 is 31.2 Å². The molecule has 0 unspecified atom stereocenters. The highest BCUT2D eigenvalue weighted by Crippen LogP contribution is 2.35. The largest absolute Gasteiger partial charge is 0.493 e. The molecule has 9 heteroatoms. The van der Waals surface area contributed by atoms with Crippen LogP contribution in [0.1, 0.15) is 22.8 Å². The van der Waals surface area contributed by atoms with E-state index in [0.717, 1.165) is 11.1 Å². The van der Waals surface area contributed by atoms with Gasteiger partial charge in [0, 0.05) is 23.5 Å². The van der Waals surface area contributed by atoms with E-state index in [1.165, 1.54) is 19.2 Å². The molecule has 1 amide bonds. The molecular weight excluding hydrogens is 521 g/mol. The Morgan fingerprint density at radius 3 is 2.15 bits per heavy atom. The molecule has 8 nitrogen and oxygen atoms in total. The summed E-state index contributed by atoms with van der Waals surface area (Å²) >= 11 is 0. The number of benzene rings is 4. The number of halogens is 1. The molecule has 0 spiro atoms. The molecule has 0 aromatic heterocycles. The molecule has 0 fully saturated rings. The molecule has 4 aromatic rings. The Bertz CT molecular complexity index is 1560. The minimum Gasteiger partial charge on any atom is -0.493 e. The van der Waals surface area contributed by atoms with E-state index < -0.39 is 11.7 Å². The van der Waals surface area contributed by atoms with Crippen LogP contribution in [-0.2, 0) is 0 Å². The van der Waals surface area contributed by atoms with Gasteiger partial charge in [0.25, 0.3) is 5.91 Å². The molecule has 4 aromatic carbocycles. The molecule has 0 radical (unpaired) electrons. The van der Waals surface area contributed by atoms with Gasteiger partial charge in [-0.05, 0) is 79.7 Å². The van der Waals surface area contributed by atoms with Gasteiger partial charge in [-0.2, -0.15) is 5.26 Å².